The molecule has 0 atom stereocenters. The number of aryl methyl sites for hydroxylation is 1. The first kappa shape index (κ1) is 13.6. The van der Waals surface area contributed by atoms with Crippen molar-refractivity contribution in [3.8, 4) is 0 Å². The summed E-state index contributed by atoms with van der Waals surface area (Å²) < 4.78 is 1.10. The Balaban J connectivity index is 2.01. The Bertz CT molecular complexity index is 594. The van der Waals surface area contributed by atoms with E-state index < -0.39 is 5.97 Å². The van der Waals surface area contributed by atoms with Crippen LogP contribution in [0.1, 0.15) is 21.5 Å². The van der Waals surface area contributed by atoms with Crippen LogP contribution >= 0.6 is 15.9 Å². The minimum Gasteiger partial charge on any atom is -0.478 e. The molecule has 3 nitrogen and oxygen atoms in total. The van der Waals surface area contributed by atoms with Crippen molar-refractivity contribution in [2.75, 3.05) is 5.32 Å². The quantitative estimate of drug-likeness (QED) is 0.893. The van der Waals surface area contributed by atoms with E-state index in [0.29, 0.717) is 12.1 Å². The van der Waals surface area contributed by atoms with Crippen LogP contribution < -0.4 is 5.32 Å². The standard InChI is InChI=1S/C15H14BrNO2/c1-10-8-11(2-7-14(10)16)9-17-13-5-3-12(4-6-13)15(18)19/h2-8,17H,9H2,1H3,(H,18,19). The van der Waals surface area contributed by atoms with Gasteiger partial charge in [0.2, 0.25) is 0 Å². The zero-order valence-corrected chi connectivity index (χ0v) is 12.1. The maximum atomic E-state index is 10.7. The number of rotatable bonds is 4. The van der Waals surface area contributed by atoms with Crippen LogP contribution in [0.5, 0.6) is 0 Å². The van der Waals surface area contributed by atoms with Crippen LogP contribution in [0, 0.1) is 6.92 Å². The molecule has 0 radical (unpaired) electrons. The van der Waals surface area contributed by atoms with Gasteiger partial charge in [0.1, 0.15) is 0 Å². The average molecular weight is 320 g/mol. The largest absolute Gasteiger partial charge is 0.478 e. The first-order chi connectivity index (χ1) is 9.06. The van der Waals surface area contributed by atoms with Crippen LogP contribution in [0.3, 0.4) is 0 Å². The molecule has 0 amide bonds. The molecule has 2 aromatic carbocycles. The van der Waals surface area contributed by atoms with E-state index in [4.69, 9.17) is 5.11 Å². The minimum atomic E-state index is -0.907. The zero-order valence-electron chi connectivity index (χ0n) is 10.5. The molecule has 0 unspecified atom stereocenters. The number of aromatic carboxylic acids is 1. The van der Waals surface area contributed by atoms with Crippen molar-refractivity contribution in [1.29, 1.82) is 0 Å². The third kappa shape index (κ3) is 3.58. The lowest BCUT2D eigenvalue weighted by Gasteiger charge is -2.08. The summed E-state index contributed by atoms with van der Waals surface area (Å²) in [5.41, 5.74) is 3.58. The fourth-order valence-corrected chi connectivity index (χ4v) is 2.00. The van der Waals surface area contributed by atoms with Crippen LogP contribution in [0.4, 0.5) is 5.69 Å². The molecule has 19 heavy (non-hydrogen) atoms. The summed E-state index contributed by atoms with van der Waals surface area (Å²) in [7, 11) is 0. The topological polar surface area (TPSA) is 49.3 Å². The normalized spacial score (nSPS) is 10.2. The predicted molar refractivity (Wildman–Crippen MR) is 79.6 cm³/mol. The molecule has 0 spiro atoms. The summed E-state index contributed by atoms with van der Waals surface area (Å²) in [6, 6.07) is 12.9. The third-order valence-electron chi connectivity index (χ3n) is 2.85. The molecule has 0 aromatic heterocycles. The van der Waals surface area contributed by atoms with E-state index in [-0.39, 0.29) is 0 Å². The number of carboxylic acid groups (broad SMARTS) is 1. The number of carbonyl (C=O) groups is 1. The molecule has 0 saturated carbocycles. The smallest absolute Gasteiger partial charge is 0.335 e. The molecule has 4 heteroatoms. The maximum Gasteiger partial charge on any atom is 0.335 e. The van der Waals surface area contributed by atoms with Crippen LogP contribution in [-0.2, 0) is 6.54 Å². The SMILES string of the molecule is Cc1cc(CNc2ccc(C(=O)O)cc2)ccc1Br. The Hall–Kier alpha value is -1.81. The minimum absolute atomic E-state index is 0.296. The van der Waals surface area contributed by atoms with Crippen LogP contribution in [0.25, 0.3) is 0 Å². The average Bonchev–Trinajstić information content (AvgIpc) is 2.40. The molecule has 2 N–H and O–H groups in total. The maximum absolute atomic E-state index is 10.7. The summed E-state index contributed by atoms with van der Waals surface area (Å²) in [6.45, 7) is 2.76. The molecule has 0 aliphatic rings. The van der Waals surface area contributed by atoms with Gasteiger partial charge >= 0.3 is 5.97 Å². The summed E-state index contributed by atoms with van der Waals surface area (Å²) in [5, 5.41) is 12.1. The van der Waals surface area contributed by atoms with Gasteiger partial charge < -0.3 is 10.4 Å². The molecule has 0 aliphatic heterocycles. The van der Waals surface area contributed by atoms with Crippen molar-refractivity contribution in [2.24, 2.45) is 0 Å². The molecule has 0 bridgehead atoms. The summed E-state index contributed by atoms with van der Waals surface area (Å²) in [5.74, 6) is -0.907. The Morgan fingerprint density at radius 3 is 2.47 bits per heavy atom. The van der Waals surface area contributed by atoms with Gasteiger partial charge in [0, 0.05) is 16.7 Å². The van der Waals surface area contributed by atoms with Crippen molar-refractivity contribution in [2.45, 2.75) is 13.5 Å². The Kier molecular flexibility index (Phi) is 4.22. The molecule has 0 fully saturated rings. The molecule has 2 rings (SSSR count). The van der Waals surface area contributed by atoms with Crippen molar-refractivity contribution >= 4 is 27.6 Å². The van der Waals surface area contributed by atoms with E-state index >= 15 is 0 Å². The van der Waals surface area contributed by atoms with E-state index in [2.05, 4.69) is 40.3 Å². The van der Waals surface area contributed by atoms with Gasteiger partial charge in [0.25, 0.3) is 0 Å². The van der Waals surface area contributed by atoms with Crippen molar-refractivity contribution < 1.29 is 9.90 Å². The molecule has 2 aromatic rings. The fourth-order valence-electron chi connectivity index (χ4n) is 1.75. The number of hydrogen-bond acceptors (Lipinski definition) is 2. The number of benzene rings is 2. The zero-order chi connectivity index (χ0) is 13.8. The van der Waals surface area contributed by atoms with E-state index in [1.54, 1.807) is 24.3 Å². The summed E-state index contributed by atoms with van der Waals surface area (Å²) in [4.78, 5) is 10.7. The number of carboxylic acids is 1. The lowest BCUT2D eigenvalue weighted by molar-refractivity contribution is 0.0697. The highest BCUT2D eigenvalue weighted by molar-refractivity contribution is 9.10. The Morgan fingerprint density at radius 1 is 1.21 bits per heavy atom. The van der Waals surface area contributed by atoms with Crippen LogP contribution in [0.15, 0.2) is 46.9 Å². The second kappa shape index (κ2) is 5.89. The number of halogens is 1. The highest BCUT2D eigenvalue weighted by Gasteiger charge is 2.02. The number of hydrogen-bond donors (Lipinski definition) is 2. The van der Waals surface area contributed by atoms with Gasteiger partial charge in [-0.25, -0.2) is 4.79 Å². The Labute approximate surface area is 120 Å². The summed E-state index contributed by atoms with van der Waals surface area (Å²) in [6.07, 6.45) is 0. The second-order valence-electron chi connectivity index (χ2n) is 4.32. The van der Waals surface area contributed by atoms with E-state index in [1.165, 1.54) is 11.1 Å². The molecular weight excluding hydrogens is 306 g/mol. The third-order valence-corrected chi connectivity index (χ3v) is 3.74. The summed E-state index contributed by atoms with van der Waals surface area (Å²) >= 11 is 3.47. The first-order valence-electron chi connectivity index (χ1n) is 5.88. The number of nitrogens with one attached hydrogen (secondary N) is 1. The van der Waals surface area contributed by atoms with E-state index in [0.717, 1.165) is 10.2 Å². The predicted octanol–water partition coefficient (Wildman–Crippen LogP) is 4.07. The molecule has 0 aliphatic carbocycles. The van der Waals surface area contributed by atoms with Crippen molar-refractivity contribution in [3.63, 3.8) is 0 Å². The van der Waals surface area contributed by atoms with Gasteiger partial charge in [-0.3, -0.25) is 0 Å². The highest BCUT2D eigenvalue weighted by Crippen LogP contribution is 2.18. The fraction of sp³-hybridized carbons (Fsp3) is 0.133. The second-order valence-corrected chi connectivity index (χ2v) is 5.17. The Morgan fingerprint density at radius 2 is 1.89 bits per heavy atom. The van der Waals surface area contributed by atoms with Gasteiger partial charge in [0.15, 0.2) is 0 Å². The highest BCUT2D eigenvalue weighted by atomic mass is 79.9. The van der Waals surface area contributed by atoms with Crippen molar-refractivity contribution in [3.05, 3.63) is 63.6 Å². The monoisotopic (exact) mass is 319 g/mol. The lowest BCUT2D eigenvalue weighted by Crippen LogP contribution is -2.01. The first-order valence-corrected chi connectivity index (χ1v) is 6.68. The van der Waals surface area contributed by atoms with Crippen LogP contribution in [-0.4, -0.2) is 11.1 Å². The van der Waals surface area contributed by atoms with Gasteiger partial charge in [-0.05, 0) is 48.4 Å². The molecule has 0 saturated heterocycles. The molecule has 0 heterocycles. The van der Waals surface area contributed by atoms with Crippen LogP contribution in [0.2, 0.25) is 0 Å². The van der Waals surface area contributed by atoms with Gasteiger partial charge in [-0.15, -0.1) is 0 Å². The number of anilines is 1. The molecule has 98 valence electrons. The van der Waals surface area contributed by atoms with Crippen molar-refractivity contribution in [1.82, 2.24) is 0 Å². The van der Waals surface area contributed by atoms with Gasteiger partial charge in [-0.2, -0.15) is 0 Å². The van der Waals surface area contributed by atoms with Gasteiger partial charge in [-0.1, -0.05) is 28.1 Å². The van der Waals surface area contributed by atoms with E-state index in [9.17, 15) is 4.79 Å². The van der Waals surface area contributed by atoms with Gasteiger partial charge in [0.05, 0.1) is 5.56 Å². The molecular formula is C15H14BrNO2. The van der Waals surface area contributed by atoms with E-state index in [1.807, 2.05) is 6.07 Å². The lowest BCUT2D eigenvalue weighted by atomic mass is 10.1.